The molecule has 0 aromatic heterocycles. The zero-order valence-electron chi connectivity index (χ0n) is 16.5. The molecule has 1 aliphatic heterocycles. The zero-order chi connectivity index (χ0) is 21.0. The number of anilines is 1. The number of hydrogen-bond donors (Lipinski definition) is 2. The second kappa shape index (κ2) is 8.83. The van der Waals surface area contributed by atoms with Gasteiger partial charge in [-0.2, -0.15) is 0 Å². The summed E-state index contributed by atoms with van der Waals surface area (Å²) in [5.74, 6) is -1.58. The minimum Gasteiger partial charge on any atom is -0.346 e. The van der Waals surface area contributed by atoms with Crippen molar-refractivity contribution in [3.05, 3.63) is 69.3 Å². The summed E-state index contributed by atoms with van der Waals surface area (Å²) in [6.45, 7) is 5.41. The highest BCUT2D eigenvalue weighted by atomic mass is 16.6. The first kappa shape index (κ1) is 20.5. The van der Waals surface area contributed by atoms with Gasteiger partial charge in [-0.15, -0.1) is 0 Å². The fourth-order valence-electron chi connectivity index (χ4n) is 3.44. The molecule has 1 atom stereocenters. The first-order chi connectivity index (χ1) is 13.9. The Balaban J connectivity index is 1.55. The number of nitrogens with zero attached hydrogens (tertiary/aromatic N) is 2. The summed E-state index contributed by atoms with van der Waals surface area (Å²) in [6, 6.07) is 13.2. The molecule has 8 heteroatoms. The van der Waals surface area contributed by atoms with Crippen molar-refractivity contribution in [3.8, 4) is 0 Å². The van der Waals surface area contributed by atoms with Crippen LogP contribution in [0.3, 0.4) is 0 Å². The molecule has 3 rings (SSSR count). The normalized spacial score (nSPS) is 16.0. The molecule has 1 saturated heterocycles. The number of rotatable bonds is 6. The van der Waals surface area contributed by atoms with E-state index in [0.29, 0.717) is 23.4 Å². The quantitative estimate of drug-likeness (QED) is 0.444. The van der Waals surface area contributed by atoms with Crippen LogP contribution in [0.15, 0.2) is 42.5 Å². The topological polar surface area (TPSA) is 105 Å². The van der Waals surface area contributed by atoms with Crippen molar-refractivity contribution >= 4 is 23.2 Å². The molecule has 0 saturated carbocycles. The van der Waals surface area contributed by atoms with Crippen molar-refractivity contribution in [2.45, 2.75) is 32.9 Å². The van der Waals surface area contributed by atoms with Gasteiger partial charge in [-0.05, 0) is 31.4 Å². The third-order valence-electron chi connectivity index (χ3n) is 5.28. The van der Waals surface area contributed by atoms with Crippen molar-refractivity contribution in [2.24, 2.45) is 0 Å². The van der Waals surface area contributed by atoms with E-state index in [1.807, 2.05) is 18.2 Å². The van der Waals surface area contributed by atoms with E-state index in [-0.39, 0.29) is 11.7 Å². The summed E-state index contributed by atoms with van der Waals surface area (Å²) >= 11 is 0. The smallest absolute Gasteiger partial charge is 0.313 e. The molecule has 2 amide bonds. The van der Waals surface area contributed by atoms with Crippen LogP contribution in [-0.4, -0.2) is 40.8 Å². The lowest BCUT2D eigenvalue weighted by atomic mass is 10.0. The lowest BCUT2D eigenvalue weighted by Gasteiger charge is -2.41. The maximum atomic E-state index is 12.3. The number of amides is 2. The Morgan fingerprint density at radius 1 is 1.14 bits per heavy atom. The van der Waals surface area contributed by atoms with E-state index in [0.717, 1.165) is 19.5 Å². The van der Waals surface area contributed by atoms with E-state index in [1.165, 1.54) is 11.6 Å². The summed E-state index contributed by atoms with van der Waals surface area (Å²) < 4.78 is 0. The zero-order valence-corrected chi connectivity index (χ0v) is 16.5. The van der Waals surface area contributed by atoms with Crippen molar-refractivity contribution in [1.82, 2.24) is 10.2 Å². The number of nitrogens with one attached hydrogen (secondary N) is 2. The highest BCUT2D eigenvalue weighted by Gasteiger charge is 2.29. The molecule has 2 aromatic carbocycles. The highest BCUT2D eigenvalue weighted by molar-refractivity contribution is 6.39. The molecule has 0 bridgehead atoms. The third-order valence-corrected chi connectivity index (χ3v) is 5.28. The summed E-state index contributed by atoms with van der Waals surface area (Å²) in [5, 5.41) is 16.3. The number of aryl methyl sites for hydroxylation is 1. The molecule has 152 valence electrons. The molecule has 0 spiro atoms. The van der Waals surface area contributed by atoms with Crippen LogP contribution in [-0.2, 0) is 16.1 Å². The van der Waals surface area contributed by atoms with Gasteiger partial charge in [-0.25, -0.2) is 0 Å². The Morgan fingerprint density at radius 2 is 1.86 bits per heavy atom. The van der Waals surface area contributed by atoms with Gasteiger partial charge in [0.05, 0.1) is 16.2 Å². The van der Waals surface area contributed by atoms with E-state index in [9.17, 15) is 19.7 Å². The average molecular weight is 396 g/mol. The molecule has 2 aromatic rings. The van der Waals surface area contributed by atoms with Gasteiger partial charge in [0, 0.05) is 31.7 Å². The number of nitro benzene ring substituents is 1. The van der Waals surface area contributed by atoms with Gasteiger partial charge in [0.2, 0.25) is 0 Å². The van der Waals surface area contributed by atoms with Crippen molar-refractivity contribution in [3.63, 3.8) is 0 Å². The molecule has 2 N–H and O–H groups in total. The lowest BCUT2D eigenvalue weighted by Crippen LogP contribution is -2.53. The molecular formula is C21H24N4O4. The Labute approximate surface area is 169 Å². The average Bonchev–Trinajstić information content (AvgIpc) is 2.68. The third kappa shape index (κ3) is 4.78. The van der Waals surface area contributed by atoms with Crippen LogP contribution in [0.2, 0.25) is 0 Å². The van der Waals surface area contributed by atoms with Gasteiger partial charge < -0.3 is 10.6 Å². The van der Waals surface area contributed by atoms with Crippen LogP contribution < -0.4 is 10.6 Å². The first-order valence-electron chi connectivity index (χ1n) is 9.48. The molecule has 29 heavy (non-hydrogen) atoms. The fourth-order valence-corrected chi connectivity index (χ4v) is 3.44. The largest absolute Gasteiger partial charge is 0.346 e. The number of hydrogen-bond acceptors (Lipinski definition) is 5. The first-order valence-corrected chi connectivity index (χ1v) is 9.48. The van der Waals surface area contributed by atoms with Gasteiger partial charge in [-0.3, -0.25) is 24.6 Å². The minimum atomic E-state index is -0.828. The van der Waals surface area contributed by atoms with Crippen molar-refractivity contribution in [1.29, 1.82) is 0 Å². The van der Waals surface area contributed by atoms with Gasteiger partial charge >= 0.3 is 11.8 Å². The summed E-state index contributed by atoms with van der Waals surface area (Å²) in [5.41, 5.74) is 2.38. The number of carbonyl (C=O) groups excluding carboxylic acids is 2. The van der Waals surface area contributed by atoms with Crippen LogP contribution in [0.1, 0.15) is 23.1 Å². The second-order valence-electron chi connectivity index (χ2n) is 7.22. The molecule has 1 fully saturated rings. The maximum absolute atomic E-state index is 12.3. The van der Waals surface area contributed by atoms with E-state index >= 15 is 0 Å². The van der Waals surface area contributed by atoms with E-state index in [2.05, 4.69) is 27.7 Å². The molecule has 1 unspecified atom stereocenters. The van der Waals surface area contributed by atoms with Gasteiger partial charge in [0.15, 0.2) is 0 Å². The molecule has 1 heterocycles. The van der Waals surface area contributed by atoms with Crippen molar-refractivity contribution in [2.75, 3.05) is 18.4 Å². The van der Waals surface area contributed by atoms with E-state index < -0.39 is 16.7 Å². The highest BCUT2D eigenvalue weighted by Crippen LogP contribution is 2.28. The van der Waals surface area contributed by atoms with Crippen LogP contribution in [0, 0.1) is 24.0 Å². The summed E-state index contributed by atoms with van der Waals surface area (Å²) in [4.78, 5) is 37.3. The summed E-state index contributed by atoms with van der Waals surface area (Å²) in [7, 11) is 0. The van der Waals surface area contributed by atoms with Gasteiger partial charge in [-0.1, -0.05) is 36.4 Å². The Kier molecular flexibility index (Phi) is 6.23. The number of carbonyl (C=O) groups is 2. The second-order valence-corrected chi connectivity index (χ2v) is 7.22. The van der Waals surface area contributed by atoms with E-state index in [1.54, 1.807) is 19.9 Å². The van der Waals surface area contributed by atoms with Crippen LogP contribution in [0.4, 0.5) is 11.4 Å². The minimum absolute atomic E-state index is 0.0997. The SMILES string of the molecule is Cc1ccc([N+](=O)[O-])c(C)c1NC(=O)C(=O)NCC1CCN1Cc1ccccc1. The Morgan fingerprint density at radius 3 is 2.48 bits per heavy atom. The molecule has 8 nitrogen and oxygen atoms in total. The van der Waals surface area contributed by atoms with E-state index in [4.69, 9.17) is 0 Å². The monoisotopic (exact) mass is 396 g/mol. The van der Waals surface area contributed by atoms with Gasteiger partial charge in [0.1, 0.15) is 0 Å². The maximum Gasteiger partial charge on any atom is 0.313 e. The molecule has 0 aliphatic carbocycles. The predicted octanol–water partition coefficient (Wildman–Crippen LogP) is 2.54. The predicted molar refractivity (Wildman–Crippen MR) is 109 cm³/mol. The Hall–Kier alpha value is -3.26. The van der Waals surface area contributed by atoms with Crippen LogP contribution >= 0.6 is 0 Å². The lowest BCUT2D eigenvalue weighted by molar-refractivity contribution is -0.385. The summed E-state index contributed by atoms with van der Waals surface area (Å²) in [6.07, 6.45) is 0.956. The number of benzene rings is 2. The van der Waals surface area contributed by atoms with Crippen LogP contribution in [0.5, 0.6) is 0 Å². The standard InChI is InChI=1S/C21H24N4O4/c1-14-8-9-18(25(28)29)15(2)19(14)23-21(27)20(26)22-12-17-10-11-24(17)13-16-6-4-3-5-7-16/h3-9,17H,10-13H2,1-2H3,(H,22,26)(H,23,27). The number of nitro groups is 1. The molecule has 1 aliphatic rings. The van der Waals surface area contributed by atoms with Crippen LogP contribution in [0.25, 0.3) is 0 Å². The number of likely N-dealkylation sites (tertiary alicyclic amines) is 1. The molecule has 0 radical (unpaired) electrons. The van der Waals surface area contributed by atoms with Gasteiger partial charge in [0.25, 0.3) is 5.69 Å². The Bertz CT molecular complexity index is 930. The molecular weight excluding hydrogens is 372 g/mol. The van der Waals surface area contributed by atoms with Crippen molar-refractivity contribution < 1.29 is 14.5 Å². The fraction of sp³-hybridized carbons (Fsp3) is 0.333.